The summed E-state index contributed by atoms with van der Waals surface area (Å²) in [6, 6.07) is 16.9. The maximum atomic E-state index is 12.8. The normalized spacial score (nSPS) is 11.0. The number of benzene rings is 2. The van der Waals surface area contributed by atoms with Gasteiger partial charge in [-0.15, -0.1) is 5.10 Å². The first kappa shape index (κ1) is 21.2. The number of rotatable bonds is 6. The van der Waals surface area contributed by atoms with Gasteiger partial charge < -0.3 is 20.4 Å². The lowest BCUT2D eigenvalue weighted by Gasteiger charge is -2.07. The van der Waals surface area contributed by atoms with Gasteiger partial charge in [0, 0.05) is 33.7 Å². The summed E-state index contributed by atoms with van der Waals surface area (Å²) < 4.78 is 5.15. The van der Waals surface area contributed by atoms with Crippen LogP contribution in [0, 0.1) is 0 Å². The Balaban J connectivity index is 1.25. The Bertz CT molecular complexity index is 1720. The average Bonchev–Trinajstić information content (AvgIpc) is 3.55. The van der Waals surface area contributed by atoms with Crippen molar-refractivity contribution in [1.82, 2.24) is 35.3 Å². The van der Waals surface area contributed by atoms with E-state index in [1.54, 1.807) is 30.6 Å². The Labute approximate surface area is 204 Å². The predicted molar refractivity (Wildman–Crippen MR) is 135 cm³/mol. The molecule has 11 nitrogen and oxygen atoms in total. The van der Waals surface area contributed by atoms with Gasteiger partial charge in [-0.3, -0.25) is 9.89 Å². The molecule has 0 unspecified atom stereocenters. The minimum atomic E-state index is -0.323. The Morgan fingerprint density at radius 3 is 2.83 bits per heavy atom. The van der Waals surface area contributed by atoms with Crippen molar-refractivity contribution in [3.63, 3.8) is 0 Å². The van der Waals surface area contributed by atoms with Gasteiger partial charge >= 0.3 is 0 Å². The summed E-state index contributed by atoms with van der Waals surface area (Å²) in [6.07, 6.45) is 4.96. The number of carbonyl (C=O) groups excluding carboxylic acids is 1. The number of ether oxygens (including phenoxy) is 1. The fourth-order valence-electron chi connectivity index (χ4n) is 3.88. The Morgan fingerprint density at radius 1 is 0.972 bits per heavy atom. The number of hydrogen-bond acceptors (Lipinski definition) is 8. The molecule has 0 saturated carbocycles. The van der Waals surface area contributed by atoms with E-state index < -0.39 is 0 Å². The molecule has 0 aliphatic carbocycles. The van der Waals surface area contributed by atoms with E-state index in [0.29, 0.717) is 23.0 Å². The van der Waals surface area contributed by atoms with Gasteiger partial charge in [0.25, 0.3) is 11.8 Å². The Morgan fingerprint density at radius 2 is 1.92 bits per heavy atom. The summed E-state index contributed by atoms with van der Waals surface area (Å²) >= 11 is 0. The molecule has 0 radical (unpaired) electrons. The molecule has 0 fully saturated rings. The molecule has 4 N–H and O–H groups in total. The number of aromatic amines is 2. The maximum Gasteiger partial charge on any atom is 0.272 e. The minimum absolute atomic E-state index is 0.236. The van der Waals surface area contributed by atoms with Gasteiger partial charge in [-0.05, 0) is 42.5 Å². The highest BCUT2D eigenvalue weighted by molar-refractivity contribution is 6.06. The SMILES string of the molecule is COc1nnccc1NC(=O)c1cc2ccc(-c3nccc(Nc4ccc5[nH]ncc5c4)n3)cc2[nH]1. The summed E-state index contributed by atoms with van der Waals surface area (Å²) in [4.78, 5) is 25.1. The highest BCUT2D eigenvalue weighted by Crippen LogP contribution is 2.26. The quantitative estimate of drug-likeness (QED) is 0.278. The molecule has 6 rings (SSSR count). The maximum absolute atomic E-state index is 12.8. The van der Waals surface area contributed by atoms with Crippen molar-refractivity contribution < 1.29 is 9.53 Å². The fourth-order valence-corrected chi connectivity index (χ4v) is 3.88. The van der Waals surface area contributed by atoms with Crippen LogP contribution in [0.4, 0.5) is 17.2 Å². The zero-order valence-corrected chi connectivity index (χ0v) is 19.0. The lowest BCUT2D eigenvalue weighted by atomic mass is 10.1. The second kappa shape index (κ2) is 8.80. The monoisotopic (exact) mass is 477 g/mol. The number of aromatic nitrogens is 7. The molecule has 0 atom stereocenters. The van der Waals surface area contributed by atoms with E-state index in [1.807, 2.05) is 36.4 Å². The highest BCUT2D eigenvalue weighted by Gasteiger charge is 2.14. The summed E-state index contributed by atoms with van der Waals surface area (Å²) in [5, 5.41) is 22.6. The van der Waals surface area contributed by atoms with Crippen LogP contribution < -0.4 is 15.4 Å². The molecule has 36 heavy (non-hydrogen) atoms. The number of amides is 1. The van der Waals surface area contributed by atoms with Gasteiger partial charge in [0.2, 0.25) is 0 Å². The molecule has 4 aromatic heterocycles. The first-order valence-electron chi connectivity index (χ1n) is 11.0. The standard InChI is InChI=1S/C25H19N9O2/c1-36-25-19(6-9-27-34-25)31-24(35)21-11-14-2-3-15(12-20(14)30-21)23-26-8-7-22(32-23)29-17-4-5-18-16(10-17)13-28-33-18/h2-13,30H,1H3,(H,28,33)(H,26,29,32)(H,27,31,35). The smallest absolute Gasteiger partial charge is 0.272 e. The molecule has 0 spiro atoms. The van der Waals surface area contributed by atoms with Crippen molar-refractivity contribution in [3.05, 3.63) is 78.9 Å². The van der Waals surface area contributed by atoms with Gasteiger partial charge in [-0.1, -0.05) is 12.1 Å². The predicted octanol–water partition coefficient (Wildman–Crippen LogP) is 4.30. The summed E-state index contributed by atoms with van der Waals surface area (Å²) in [5.74, 6) is 1.13. The molecule has 176 valence electrons. The molecule has 1 amide bonds. The van der Waals surface area contributed by atoms with E-state index in [0.717, 1.165) is 33.1 Å². The van der Waals surface area contributed by atoms with E-state index in [9.17, 15) is 4.79 Å². The molecule has 2 aromatic carbocycles. The Hall–Kier alpha value is -5.32. The van der Waals surface area contributed by atoms with Gasteiger partial charge in [0.05, 0.1) is 25.0 Å². The first-order valence-corrected chi connectivity index (χ1v) is 11.0. The number of nitrogens with one attached hydrogen (secondary N) is 4. The van der Waals surface area contributed by atoms with Crippen LogP contribution in [0.1, 0.15) is 10.5 Å². The third-order valence-electron chi connectivity index (χ3n) is 5.62. The molecule has 6 aromatic rings. The van der Waals surface area contributed by atoms with E-state index in [-0.39, 0.29) is 11.8 Å². The van der Waals surface area contributed by atoms with Crippen molar-refractivity contribution >= 4 is 44.9 Å². The van der Waals surface area contributed by atoms with Crippen molar-refractivity contribution in [2.24, 2.45) is 0 Å². The largest absolute Gasteiger partial charge is 0.478 e. The summed E-state index contributed by atoms with van der Waals surface area (Å²) in [6.45, 7) is 0. The van der Waals surface area contributed by atoms with Crippen LogP contribution in [0.25, 0.3) is 33.2 Å². The third-order valence-corrected chi connectivity index (χ3v) is 5.62. The zero-order chi connectivity index (χ0) is 24.5. The molecule has 0 aliphatic heterocycles. The van der Waals surface area contributed by atoms with Gasteiger partial charge in [-0.2, -0.15) is 10.2 Å². The van der Waals surface area contributed by atoms with E-state index in [1.165, 1.54) is 13.3 Å². The third kappa shape index (κ3) is 4.05. The number of hydrogen-bond donors (Lipinski definition) is 4. The van der Waals surface area contributed by atoms with Gasteiger partial charge in [0.15, 0.2) is 5.82 Å². The number of carbonyl (C=O) groups is 1. The van der Waals surface area contributed by atoms with Crippen LogP contribution in [-0.2, 0) is 0 Å². The van der Waals surface area contributed by atoms with Crippen LogP contribution >= 0.6 is 0 Å². The number of methoxy groups -OCH3 is 1. The molecular weight excluding hydrogens is 458 g/mol. The number of nitrogens with zero attached hydrogens (tertiary/aromatic N) is 5. The van der Waals surface area contributed by atoms with Crippen LogP contribution in [-0.4, -0.2) is 48.4 Å². The fraction of sp³-hybridized carbons (Fsp3) is 0.0400. The van der Waals surface area contributed by atoms with Crippen molar-refractivity contribution in [1.29, 1.82) is 0 Å². The second-order valence-electron chi connectivity index (χ2n) is 7.96. The molecule has 11 heteroatoms. The van der Waals surface area contributed by atoms with E-state index >= 15 is 0 Å². The molecule has 0 saturated heterocycles. The zero-order valence-electron chi connectivity index (χ0n) is 19.0. The molecule has 0 aliphatic rings. The van der Waals surface area contributed by atoms with E-state index in [2.05, 4.69) is 46.0 Å². The number of fused-ring (bicyclic) bond motifs is 2. The Kier molecular flexibility index (Phi) is 5.19. The van der Waals surface area contributed by atoms with Crippen LogP contribution in [0.5, 0.6) is 5.88 Å². The topological polar surface area (TPSA) is 146 Å². The van der Waals surface area contributed by atoms with Crippen LogP contribution in [0.2, 0.25) is 0 Å². The highest BCUT2D eigenvalue weighted by atomic mass is 16.5. The van der Waals surface area contributed by atoms with Crippen LogP contribution in [0.15, 0.2) is 73.2 Å². The summed E-state index contributed by atoms with van der Waals surface area (Å²) in [5.41, 5.74) is 4.28. The average molecular weight is 477 g/mol. The second-order valence-corrected chi connectivity index (χ2v) is 7.96. The number of anilines is 3. The lowest BCUT2D eigenvalue weighted by molar-refractivity contribution is 0.102. The first-order chi connectivity index (χ1) is 17.7. The van der Waals surface area contributed by atoms with Crippen molar-refractivity contribution in [2.75, 3.05) is 17.7 Å². The minimum Gasteiger partial charge on any atom is -0.478 e. The van der Waals surface area contributed by atoms with Crippen molar-refractivity contribution in [3.8, 4) is 17.3 Å². The lowest BCUT2D eigenvalue weighted by Crippen LogP contribution is -2.13. The van der Waals surface area contributed by atoms with Gasteiger partial charge in [0.1, 0.15) is 17.2 Å². The number of H-pyrrole nitrogens is 2. The van der Waals surface area contributed by atoms with E-state index in [4.69, 9.17) is 4.74 Å². The molecule has 4 heterocycles. The summed E-state index contributed by atoms with van der Waals surface area (Å²) in [7, 11) is 1.47. The molecule has 0 bridgehead atoms. The van der Waals surface area contributed by atoms with Gasteiger partial charge in [-0.25, -0.2) is 9.97 Å². The van der Waals surface area contributed by atoms with Crippen LogP contribution in [0.3, 0.4) is 0 Å². The molecular formula is C25H19N9O2. The van der Waals surface area contributed by atoms with Crippen molar-refractivity contribution in [2.45, 2.75) is 0 Å².